The zero-order valence-corrected chi connectivity index (χ0v) is 4.15. The van der Waals surface area contributed by atoms with Crippen LogP contribution in [0.2, 0.25) is 0 Å². The fraction of sp³-hybridized carbons (Fsp3) is 0.500. The van der Waals surface area contributed by atoms with Crippen LogP contribution in [0.4, 0.5) is 4.39 Å². The molecule has 0 rings (SSSR count). The molecule has 0 spiro atoms. The van der Waals surface area contributed by atoms with Crippen molar-refractivity contribution in [1.29, 1.82) is 0 Å². The maximum absolute atomic E-state index is 11.3. The van der Waals surface area contributed by atoms with Crippen molar-refractivity contribution in [3.05, 3.63) is 6.92 Å². The Morgan fingerprint density at radius 3 is 1.75 bits per heavy atom. The monoisotopic (exact) mass is 151 g/mol. The van der Waals surface area contributed by atoms with E-state index in [2.05, 4.69) is 6.92 Å². The second-order valence-electron chi connectivity index (χ2n) is 0.925. The molecule has 45 valence electrons. The quantitative estimate of drug-likeness (QED) is 0.400. The first-order chi connectivity index (χ1) is 2.94. The molecule has 1 atom stereocenters. The van der Waals surface area contributed by atoms with E-state index in [1.165, 1.54) is 0 Å². The molecule has 3 nitrogen and oxygen atoms in total. The predicted molar refractivity (Wildman–Crippen MR) is 29.0 cm³/mol. The van der Waals surface area contributed by atoms with Crippen molar-refractivity contribution in [1.82, 2.24) is 0 Å². The molecule has 0 aliphatic rings. The molecular weight excluding hydrogens is 146 g/mol. The molecule has 0 amide bonds. The second kappa shape index (κ2) is 3.79. The van der Waals surface area contributed by atoms with Crippen molar-refractivity contribution >= 4 is 39.7 Å². The van der Waals surface area contributed by atoms with Crippen LogP contribution < -0.4 is 0 Å². The number of hydrogen-bond donors (Lipinski definition) is 1. The van der Waals surface area contributed by atoms with Gasteiger partial charge in [0.05, 0.1) is 0 Å². The van der Waals surface area contributed by atoms with Gasteiger partial charge in [-0.15, -0.1) is 0 Å². The topological polar surface area (TPSA) is 54.4 Å². The third-order valence-electron chi connectivity index (χ3n) is 0.323. The molecule has 1 radical (unpaired) electrons. The average Bonchev–Trinajstić information content (AvgIpc) is 1.31. The van der Waals surface area contributed by atoms with Crippen LogP contribution in [0, 0.1) is 6.92 Å². The molecule has 0 aromatic rings. The first-order valence-corrected chi connectivity index (χ1v) is 2.88. The van der Waals surface area contributed by atoms with Crippen LogP contribution in [0.1, 0.15) is 0 Å². The summed E-state index contributed by atoms with van der Waals surface area (Å²) in [5.74, 6) is 0. The van der Waals surface area contributed by atoms with Crippen molar-refractivity contribution in [3.8, 4) is 0 Å². The van der Waals surface area contributed by atoms with Gasteiger partial charge in [0.2, 0.25) is 5.50 Å². The molecule has 6 heteroatoms. The SMILES string of the molecule is [CH2]C(F)S(=O)(=O)O.[NaH]. The molecule has 0 bridgehead atoms. The van der Waals surface area contributed by atoms with Gasteiger partial charge < -0.3 is 0 Å². The standard InChI is InChI=1S/C2H4FO3S.Na.H/c1-2(3)7(4,5)6;;/h2H,1H2,(H,4,5,6);;. The van der Waals surface area contributed by atoms with Crippen LogP contribution in [-0.4, -0.2) is 48.0 Å². The average molecular weight is 151 g/mol. The van der Waals surface area contributed by atoms with Gasteiger partial charge in [0.15, 0.2) is 0 Å². The van der Waals surface area contributed by atoms with Crippen molar-refractivity contribution in [2.24, 2.45) is 0 Å². The van der Waals surface area contributed by atoms with E-state index >= 15 is 0 Å². The molecule has 0 aromatic carbocycles. The molecular formula is C2H5FNaO3S. The van der Waals surface area contributed by atoms with Gasteiger partial charge in [-0.25, -0.2) is 4.39 Å². The van der Waals surface area contributed by atoms with E-state index in [0.717, 1.165) is 0 Å². The zero-order chi connectivity index (χ0) is 6.08. The van der Waals surface area contributed by atoms with Crippen LogP contribution in [0.3, 0.4) is 0 Å². The summed E-state index contributed by atoms with van der Waals surface area (Å²) < 4.78 is 37.8. The fourth-order valence-corrected chi connectivity index (χ4v) is 0. The van der Waals surface area contributed by atoms with E-state index in [-0.39, 0.29) is 29.6 Å². The normalized spacial score (nSPS) is 14.4. The van der Waals surface area contributed by atoms with E-state index in [1.54, 1.807) is 0 Å². The van der Waals surface area contributed by atoms with Crippen LogP contribution in [-0.2, 0) is 10.1 Å². The van der Waals surface area contributed by atoms with Gasteiger partial charge in [-0.3, -0.25) is 4.55 Å². The number of alkyl halides is 1. The van der Waals surface area contributed by atoms with Gasteiger partial charge in [-0.1, -0.05) is 0 Å². The van der Waals surface area contributed by atoms with Gasteiger partial charge in [-0.2, -0.15) is 8.42 Å². The molecule has 0 heterocycles. The van der Waals surface area contributed by atoms with Gasteiger partial charge in [0.1, 0.15) is 0 Å². The molecule has 0 saturated heterocycles. The van der Waals surface area contributed by atoms with Crippen LogP contribution in [0.25, 0.3) is 0 Å². The Hall–Kier alpha value is 0.840. The summed E-state index contributed by atoms with van der Waals surface area (Å²) in [5.41, 5.74) is -2.42. The Morgan fingerprint density at radius 1 is 1.62 bits per heavy atom. The van der Waals surface area contributed by atoms with Gasteiger partial charge in [-0.05, 0) is 6.92 Å². The third kappa shape index (κ3) is 4.99. The third-order valence-corrected chi connectivity index (χ3v) is 0.970. The molecule has 1 unspecified atom stereocenters. The van der Waals surface area contributed by atoms with Gasteiger partial charge in [0, 0.05) is 0 Å². The minimum absolute atomic E-state index is 0. The Bertz CT molecular complexity index is 139. The minimum atomic E-state index is -4.52. The number of hydrogen-bond acceptors (Lipinski definition) is 2. The Kier molecular flexibility index (Phi) is 5.50. The van der Waals surface area contributed by atoms with Crippen molar-refractivity contribution in [2.75, 3.05) is 0 Å². The van der Waals surface area contributed by atoms with E-state index < -0.39 is 15.6 Å². The fourth-order valence-electron chi connectivity index (χ4n) is 0. The Labute approximate surface area is 69.3 Å². The molecule has 0 fully saturated rings. The molecule has 0 saturated carbocycles. The maximum atomic E-state index is 11.3. The first-order valence-electron chi connectivity index (χ1n) is 1.38. The van der Waals surface area contributed by atoms with Crippen LogP contribution in [0.15, 0.2) is 0 Å². The van der Waals surface area contributed by atoms with Crippen molar-refractivity contribution in [3.63, 3.8) is 0 Å². The van der Waals surface area contributed by atoms with E-state index in [1.807, 2.05) is 0 Å². The van der Waals surface area contributed by atoms with E-state index in [9.17, 15) is 12.8 Å². The molecule has 0 aliphatic heterocycles. The summed E-state index contributed by atoms with van der Waals surface area (Å²) in [5, 5.41) is 0. The first kappa shape index (κ1) is 11.6. The number of rotatable bonds is 1. The van der Waals surface area contributed by atoms with E-state index in [0.29, 0.717) is 0 Å². The van der Waals surface area contributed by atoms with Crippen molar-refractivity contribution in [2.45, 2.75) is 5.50 Å². The molecule has 1 N–H and O–H groups in total. The molecule has 8 heavy (non-hydrogen) atoms. The predicted octanol–water partition coefficient (Wildman–Crippen LogP) is -0.645. The summed E-state index contributed by atoms with van der Waals surface area (Å²) >= 11 is 0. The Balaban J connectivity index is 0. The van der Waals surface area contributed by atoms with Gasteiger partial charge in [0.25, 0.3) is 10.1 Å². The van der Waals surface area contributed by atoms with Crippen LogP contribution >= 0.6 is 0 Å². The zero-order valence-electron chi connectivity index (χ0n) is 3.33. The van der Waals surface area contributed by atoms with E-state index in [4.69, 9.17) is 4.55 Å². The van der Waals surface area contributed by atoms with Crippen molar-refractivity contribution < 1.29 is 17.4 Å². The number of halogens is 1. The summed E-state index contributed by atoms with van der Waals surface area (Å²) in [4.78, 5) is 0. The molecule has 0 aromatic heterocycles. The summed E-state index contributed by atoms with van der Waals surface area (Å²) in [6.07, 6.45) is 0. The summed E-state index contributed by atoms with van der Waals surface area (Å²) in [6.45, 7) is 2.41. The van der Waals surface area contributed by atoms with Crippen LogP contribution in [0.5, 0.6) is 0 Å². The molecule has 0 aliphatic carbocycles. The summed E-state index contributed by atoms with van der Waals surface area (Å²) in [7, 11) is -4.52. The Morgan fingerprint density at radius 2 is 1.75 bits per heavy atom. The summed E-state index contributed by atoms with van der Waals surface area (Å²) in [6, 6.07) is 0. The van der Waals surface area contributed by atoms with Gasteiger partial charge >= 0.3 is 29.6 Å². The second-order valence-corrected chi connectivity index (χ2v) is 2.47.